The Morgan fingerprint density at radius 2 is 0.914 bits per heavy atom. The lowest BCUT2D eigenvalue weighted by atomic mass is 9.82. The zero-order valence-corrected chi connectivity index (χ0v) is 32.0. The minimum atomic E-state index is -0.125. The summed E-state index contributed by atoms with van der Waals surface area (Å²) in [5.41, 5.74) is 14.7. The van der Waals surface area contributed by atoms with Gasteiger partial charge >= 0.3 is 0 Å². The summed E-state index contributed by atoms with van der Waals surface area (Å²) in [6, 6.07) is 66.2. The molecule has 2 unspecified atom stereocenters. The van der Waals surface area contributed by atoms with Gasteiger partial charge in [0.1, 0.15) is 22.3 Å². The molecule has 276 valence electrons. The number of benzene rings is 8. The number of hydrogen-bond acceptors (Lipinski definition) is 4. The fraction of sp³-hybridized carbons (Fsp3) is 0.0741. The van der Waals surface area contributed by atoms with Crippen LogP contribution >= 0.6 is 0 Å². The predicted molar refractivity (Wildman–Crippen MR) is 240 cm³/mol. The average molecular weight is 747 g/mol. The summed E-state index contributed by atoms with van der Waals surface area (Å²) in [5, 5.41) is 4.44. The SMILES string of the molecule is CCC1C(c2ccc(-c3ccc4c(c3)oc3ccc(-c5ccccc5)cc34)cc2)=NC(c2ccc3c(c2)oc2ccccc23)=NC1c1cccc(-c2ccccc2)c1. The number of amidine groups is 1. The lowest BCUT2D eigenvalue weighted by Crippen LogP contribution is -2.28. The molecular weight excluding hydrogens is 709 g/mol. The molecule has 0 aliphatic carbocycles. The third-order valence-electron chi connectivity index (χ3n) is 11.7. The minimum absolute atomic E-state index is 0.0724. The van der Waals surface area contributed by atoms with Crippen molar-refractivity contribution in [1.29, 1.82) is 0 Å². The summed E-state index contributed by atoms with van der Waals surface area (Å²) in [6.45, 7) is 2.24. The van der Waals surface area contributed by atoms with Gasteiger partial charge in [0, 0.05) is 33.0 Å². The van der Waals surface area contributed by atoms with Crippen LogP contribution in [-0.2, 0) is 0 Å². The topological polar surface area (TPSA) is 51.0 Å². The standard InChI is InChI=1S/C54H38N2O2/c1-2-43-52(37-22-20-36(21-23-37)40-24-27-46-47-31-39(35-14-7-4-8-15-35)26-29-49(47)58-50(46)32-40)55-54(42-25-28-45-44-18-9-10-19-48(44)57-51(45)33-42)56-53(43)41-17-11-16-38(30-41)34-12-5-3-6-13-34/h3-33,43,53H,2H2,1H3. The van der Waals surface area contributed by atoms with Gasteiger partial charge in [-0.3, -0.25) is 4.99 Å². The van der Waals surface area contributed by atoms with Gasteiger partial charge in [0.05, 0.1) is 11.8 Å². The zero-order chi connectivity index (χ0) is 38.6. The second-order valence-electron chi connectivity index (χ2n) is 15.2. The van der Waals surface area contributed by atoms with E-state index in [1.54, 1.807) is 0 Å². The highest BCUT2D eigenvalue weighted by Crippen LogP contribution is 2.40. The molecule has 0 fully saturated rings. The molecule has 11 rings (SSSR count). The van der Waals surface area contributed by atoms with E-state index < -0.39 is 0 Å². The molecule has 8 aromatic carbocycles. The molecular formula is C54H38N2O2. The highest BCUT2D eigenvalue weighted by atomic mass is 16.3. The Morgan fingerprint density at radius 3 is 1.66 bits per heavy atom. The minimum Gasteiger partial charge on any atom is -0.456 e. The van der Waals surface area contributed by atoms with Gasteiger partial charge in [0.25, 0.3) is 0 Å². The largest absolute Gasteiger partial charge is 0.456 e. The van der Waals surface area contributed by atoms with E-state index in [0.717, 1.165) is 78.3 Å². The molecule has 2 aromatic heterocycles. The molecule has 2 atom stereocenters. The summed E-state index contributed by atoms with van der Waals surface area (Å²) in [7, 11) is 0. The van der Waals surface area contributed by atoms with Gasteiger partial charge in [-0.05, 0) is 99.5 Å². The van der Waals surface area contributed by atoms with Crippen molar-refractivity contribution in [1.82, 2.24) is 0 Å². The van der Waals surface area contributed by atoms with E-state index in [0.29, 0.717) is 5.84 Å². The number of hydrogen-bond donors (Lipinski definition) is 0. The number of nitrogens with zero attached hydrogens (tertiary/aromatic N) is 2. The van der Waals surface area contributed by atoms with Crippen LogP contribution < -0.4 is 0 Å². The Hall–Kier alpha value is -7.30. The van der Waals surface area contributed by atoms with Crippen LogP contribution in [0.5, 0.6) is 0 Å². The maximum absolute atomic E-state index is 6.40. The smallest absolute Gasteiger partial charge is 0.155 e. The van der Waals surface area contributed by atoms with Crippen molar-refractivity contribution in [3.8, 4) is 33.4 Å². The fourth-order valence-corrected chi connectivity index (χ4v) is 8.74. The molecule has 58 heavy (non-hydrogen) atoms. The second-order valence-corrected chi connectivity index (χ2v) is 15.2. The van der Waals surface area contributed by atoms with Crippen molar-refractivity contribution in [3.05, 3.63) is 205 Å². The molecule has 0 saturated carbocycles. The van der Waals surface area contributed by atoms with Crippen molar-refractivity contribution in [3.63, 3.8) is 0 Å². The highest BCUT2D eigenvalue weighted by Gasteiger charge is 2.32. The van der Waals surface area contributed by atoms with Gasteiger partial charge in [-0.25, -0.2) is 4.99 Å². The first-order valence-electron chi connectivity index (χ1n) is 20.0. The third kappa shape index (κ3) is 5.93. The van der Waals surface area contributed by atoms with Crippen molar-refractivity contribution >= 4 is 55.4 Å². The molecule has 0 bridgehead atoms. The van der Waals surface area contributed by atoms with Crippen LogP contribution in [0.1, 0.15) is 36.1 Å². The predicted octanol–water partition coefficient (Wildman–Crippen LogP) is 14.5. The first-order valence-corrected chi connectivity index (χ1v) is 20.0. The van der Waals surface area contributed by atoms with Crippen LogP contribution in [0.3, 0.4) is 0 Å². The van der Waals surface area contributed by atoms with Crippen molar-refractivity contribution in [2.45, 2.75) is 19.4 Å². The van der Waals surface area contributed by atoms with Crippen LogP contribution in [0.4, 0.5) is 0 Å². The van der Waals surface area contributed by atoms with Gasteiger partial charge < -0.3 is 8.83 Å². The molecule has 0 radical (unpaired) electrons. The molecule has 1 aliphatic heterocycles. The average Bonchev–Trinajstić information content (AvgIpc) is 3.86. The van der Waals surface area contributed by atoms with E-state index in [2.05, 4.69) is 177 Å². The molecule has 4 nitrogen and oxygen atoms in total. The van der Waals surface area contributed by atoms with E-state index >= 15 is 0 Å². The Morgan fingerprint density at radius 1 is 0.397 bits per heavy atom. The number of rotatable bonds is 7. The van der Waals surface area contributed by atoms with Gasteiger partial charge in [-0.15, -0.1) is 0 Å². The van der Waals surface area contributed by atoms with Crippen LogP contribution in [0, 0.1) is 5.92 Å². The maximum atomic E-state index is 6.40. The van der Waals surface area contributed by atoms with Crippen LogP contribution in [0.2, 0.25) is 0 Å². The quantitative estimate of drug-likeness (QED) is 0.163. The maximum Gasteiger partial charge on any atom is 0.155 e. The lowest BCUT2D eigenvalue weighted by molar-refractivity contribution is 0.532. The van der Waals surface area contributed by atoms with E-state index in [1.165, 1.54) is 27.8 Å². The molecule has 0 saturated heterocycles. The summed E-state index contributed by atoms with van der Waals surface area (Å²) < 4.78 is 12.7. The number of fused-ring (bicyclic) bond motifs is 6. The molecule has 0 amide bonds. The molecule has 0 N–H and O–H groups in total. The van der Waals surface area contributed by atoms with E-state index in [-0.39, 0.29) is 12.0 Å². The number of para-hydroxylation sites is 1. The highest BCUT2D eigenvalue weighted by molar-refractivity contribution is 6.16. The summed E-state index contributed by atoms with van der Waals surface area (Å²) in [6.07, 6.45) is 0.884. The van der Waals surface area contributed by atoms with Gasteiger partial charge in [-0.2, -0.15) is 0 Å². The van der Waals surface area contributed by atoms with E-state index in [4.69, 9.17) is 18.8 Å². The molecule has 0 spiro atoms. The summed E-state index contributed by atoms with van der Waals surface area (Å²) in [4.78, 5) is 10.9. The molecule has 3 heterocycles. The number of aliphatic imine (C=N–C) groups is 2. The molecule has 4 heteroatoms. The lowest BCUT2D eigenvalue weighted by Gasteiger charge is -2.30. The normalized spacial score (nSPS) is 15.6. The van der Waals surface area contributed by atoms with Crippen LogP contribution in [-0.4, -0.2) is 11.5 Å². The molecule has 10 aromatic rings. The monoisotopic (exact) mass is 746 g/mol. The Labute approximate surface area is 336 Å². The van der Waals surface area contributed by atoms with Crippen LogP contribution in [0.15, 0.2) is 207 Å². The Balaban J connectivity index is 0.978. The number of furan rings is 2. The fourth-order valence-electron chi connectivity index (χ4n) is 8.74. The van der Waals surface area contributed by atoms with Gasteiger partial charge in [-0.1, -0.05) is 146 Å². The second kappa shape index (κ2) is 14.0. The van der Waals surface area contributed by atoms with Crippen LogP contribution in [0.25, 0.3) is 77.3 Å². The first-order chi connectivity index (χ1) is 28.7. The molecule has 1 aliphatic rings. The van der Waals surface area contributed by atoms with E-state index in [9.17, 15) is 0 Å². The summed E-state index contributed by atoms with van der Waals surface area (Å²) in [5.74, 6) is 0.787. The van der Waals surface area contributed by atoms with E-state index in [1.807, 2.05) is 18.2 Å². The Kier molecular flexibility index (Phi) is 8.21. The first kappa shape index (κ1) is 34.0. The van der Waals surface area contributed by atoms with Crippen molar-refractivity contribution in [2.24, 2.45) is 15.9 Å². The van der Waals surface area contributed by atoms with Crippen molar-refractivity contribution < 1.29 is 8.83 Å². The van der Waals surface area contributed by atoms with Gasteiger partial charge in [0.15, 0.2) is 5.84 Å². The zero-order valence-electron chi connectivity index (χ0n) is 32.0. The third-order valence-corrected chi connectivity index (χ3v) is 11.7. The van der Waals surface area contributed by atoms with Crippen molar-refractivity contribution in [2.75, 3.05) is 0 Å². The van der Waals surface area contributed by atoms with Gasteiger partial charge in [0.2, 0.25) is 0 Å². The summed E-state index contributed by atoms with van der Waals surface area (Å²) >= 11 is 0. The Bertz CT molecular complexity index is 3210.